The summed E-state index contributed by atoms with van der Waals surface area (Å²) in [6.07, 6.45) is 9.02. The summed E-state index contributed by atoms with van der Waals surface area (Å²) < 4.78 is 3.81. The highest BCUT2D eigenvalue weighted by Crippen LogP contribution is 2.32. The van der Waals surface area contributed by atoms with Crippen molar-refractivity contribution in [2.24, 2.45) is 0 Å². The number of anilines is 2. The standard InChI is InChI=1S/C17H23N9/c1-12(2)25-11-21-23-15(25)13-5-3-7-24(9-13)16-14(18)17(20-10-19-16)26-8-4-6-22-26/h4,6,8,10-13H,3,5,7,9,18H2,1-2H3. The van der Waals surface area contributed by atoms with E-state index in [2.05, 4.69) is 48.6 Å². The first-order chi connectivity index (χ1) is 12.6. The monoisotopic (exact) mass is 353 g/mol. The first-order valence-electron chi connectivity index (χ1n) is 8.90. The molecule has 26 heavy (non-hydrogen) atoms. The molecule has 3 aromatic heterocycles. The van der Waals surface area contributed by atoms with E-state index in [4.69, 9.17) is 5.73 Å². The van der Waals surface area contributed by atoms with Gasteiger partial charge in [0.15, 0.2) is 11.6 Å². The van der Waals surface area contributed by atoms with Crippen molar-refractivity contribution in [2.75, 3.05) is 23.7 Å². The molecule has 136 valence electrons. The van der Waals surface area contributed by atoms with Crippen molar-refractivity contribution in [1.29, 1.82) is 0 Å². The molecule has 9 heteroatoms. The number of nitrogens with zero attached hydrogens (tertiary/aromatic N) is 8. The zero-order chi connectivity index (χ0) is 18.1. The van der Waals surface area contributed by atoms with Crippen molar-refractivity contribution >= 4 is 11.5 Å². The van der Waals surface area contributed by atoms with Gasteiger partial charge in [0.25, 0.3) is 0 Å². The number of nitrogens with two attached hydrogens (primary N) is 1. The largest absolute Gasteiger partial charge is 0.393 e. The maximum absolute atomic E-state index is 6.39. The van der Waals surface area contributed by atoms with Crippen LogP contribution in [-0.4, -0.2) is 47.6 Å². The Kier molecular flexibility index (Phi) is 4.27. The molecule has 1 saturated heterocycles. The van der Waals surface area contributed by atoms with E-state index in [1.54, 1.807) is 17.2 Å². The molecule has 0 radical (unpaired) electrons. The molecule has 2 N–H and O–H groups in total. The third kappa shape index (κ3) is 2.89. The smallest absolute Gasteiger partial charge is 0.181 e. The first kappa shape index (κ1) is 16.5. The molecule has 1 unspecified atom stereocenters. The van der Waals surface area contributed by atoms with Gasteiger partial charge in [-0.15, -0.1) is 10.2 Å². The molecule has 1 atom stereocenters. The Bertz CT molecular complexity index is 868. The second-order valence-electron chi connectivity index (χ2n) is 6.86. The van der Waals surface area contributed by atoms with Crippen molar-refractivity contribution in [3.8, 4) is 5.82 Å². The Balaban J connectivity index is 1.63. The lowest BCUT2D eigenvalue weighted by Crippen LogP contribution is -2.36. The maximum Gasteiger partial charge on any atom is 0.181 e. The Morgan fingerprint density at radius 3 is 2.85 bits per heavy atom. The van der Waals surface area contributed by atoms with Gasteiger partial charge in [-0.25, -0.2) is 14.6 Å². The highest BCUT2D eigenvalue weighted by molar-refractivity contribution is 5.70. The van der Waals surface area contributed by atoms with Gasteiger partial charge in [-0.05, 0) is 32.8 Å². The van der Waals surface area contributed by atoms with E-state index in [1.807, 2.05) is 18.6 Å². The molecular weight excluding hydrogens is 330 g/mol. The number of piperidine rings is 1. The Hall–Kier alpha value is -2.97. The molecule has 1 aliphatic rings. The minimum absolute atomic E-state index is 0.302. The average molecular weight is 353 g/mol. The minimum atomic E-state index is 0.302. The zero-order valence-corrected chi connectivity index (χ0v) is 15.0. The van der Waals surface area contributed by atoms with Gasteiger partial charge in [0.05, 0.1) is 0 Å². The van der Waals surface area contributed by atoms with Gasteiger partial charge in [-0.2, -0.15) is 5.10 Å². The van der Waals surface area contributed by atoms with E-state index in [-0.39, 0.29) is 0 Å². The topological polar surface area (TPSA) is 104 Å². The van der Waals surface area contributed by atoms with Crippen LogP contribution < -0.4 is 10.6 Å². The predicted molar refractivity (Wildman–Crippen MR) is 98.2 cm³/mol. The van der Waals surface area contributed by atoms with Gasteiger partial charge in [0, 0.05) is 37.4 Å². The van der Waals surface area contributed by atoms with Gasteiger partial charge in [-0.1, -0.05) is 0 Å². The fourth-order valence-electron chi connectivity index (χ4n) is 3.53. The number of aromatic nitrogens is 7. The fraction of sp³-hybridized carbons (Fsp3) is 0.471. The molecular formula is C17H23N9. The molecule has 4 rings (SSSR count). The molecule has 0 aliphatic carbocycles. The van der Waals surface area contributed by atoms with Crippen LogP contribution in [0.2, 0.25) is 0 Å². The molecule has 9 nitrogen and oxygen atoms in total. The van der Waals surface area contributed by atoms with Crippen LogP contribution in [0.1, 0.15) is 44.5 Å². The lowest BCUT2D eigenvalue weighted by atomic mass is 9.96. The average Bonchev–Trinajstić information content (AvgIpc) is 3.34. The van der Waals surface area contributed by atoms with Gasteiger partial charge in [-0.3, -0.25) is 0 Å². The van der Waals surface area contributed by atoms with Crippen molar-refractivity contribution in [2.45, 2.75) is 38.6 Å². The van der Waals surface area contributed by atoms with Crippen LogP contribution in [-0.2, 0) is 0 Å². The van der Waals surface area contributed by atoms with E-state index in [9.17, 15) is 0 Å². The summed E-state index contributed by atoms with van der Waals surface area (Å²) in [4.78, 5) is 11.0. The van der Waals surface area contributed by atoms with Gasteiger partial charge >= 0.3 is 0 Å². The van der Waals surface area contributed by atoms with E-state index in [0.29, 0.717) is 23.5 Å². The second kappa shape index (κ2) is 6.74. The molecule has 3 aromatic rings. The molecule has 0 bridgehead atoms. The summed E-state index contributed by atoms with van der Waals surface area (Å²) in [5.74, 6) is 2.69. The molecule has 1 fully saturated rings. The number of hydrogen-bond acceptors (Lipinski definition) is 7. The third-order valence-electron chi connectivity index (χ3n) is 4.81. The molecule has 0 aromatic carbocycles. The highest BCUT2D eigenvalue weighted by Gasteiger charge is 2.28. The third-order valence-corrected chi connectivity index (χ3v) is 4.81. The van der Waals surface area contributed by atoms with Crippen LogP contribution >= 0.6 is 0 Å². The first-order valence-corrected chi connectivity index (χ1v) is 8.90. The maximum atomic E-state index is 6.39. The van der Waals surface area contributed by atoms with Crippen LogP contribution in [0.25, 0.3) is 5.82 Å². The number of nitrogen functional groups attached to an aromatic ring is 1. The quantitative estimate of drug-likeness (QED) is 0.762. The van der Waals surface area contributed by atoms with Gasteiger partial charge in [0.1, 0.15) is 24.2 Å². The fourth-order valence-corrected chi connectivity index (χ4v) is 3.53. The van der Waals surface area contributed by atoms with Crippen molar-refractivity contribution in [3.63, 3.8) is 0 Å². The minimum Gasteiger partial charge on any atom is -0.393 e. The Morgan fingerprint density at radius 1 is 1.23 bits per heavy atom. The van der Waals surface area contributed by atoms with Crippen LogP contribution in [0, 0.1) is 0 Å². The molecule has 0 amide bonds. The summed E-state index contributed by atoms with van der Waals surface area (Å²) >= 11 is 0. The van der Waals surface area contributed by atoms with Crippen LogP contribution in [0.4, 0.5) is 11.5 Å². The highest BCUT2D eigenvalue weighted by atomic mass is 15.3. The van der Waals surface area contributed by atoms with Crippen LogP contribution in [0.5, 0.6) is 0 Å². The van der Waals surface area contributed by atoms with Crippen LogP contribution in [0.3, 0.4) is 0 Å². The number of rotatable bonds is 4. The zero-order valence-electron chi connectivity index (χ0n) is 15.0. The lowest BCUT2D eigenvalue weighted by Gasteiger charge is -2.34. The van der Waals surface area contributed by atoms with Crippen LogP contribution in [0.15, 0.2) is 31.1 Å². The molecule has 0 saturated carbocycles. The van der Waals surface area contributed by atoms with Gasteiger partial charge < -0.3 is 15.2 Å². The summed E-state index contributed by atoms with van der Waals surface area (Å²) in [6, 6.07) is 2.18. The van der Waals surface area contributed by atoms with Crippen molar-refractivity contribution in [1.82, 2.24) is 34.5 Å². The van der Waals surface area contributed by atoms with E-state index >= 15 is 0 Å². The van der Waals surface area contributed by atoms with Crippen molar-refractivity contribution < 1.29 is 0 Å². The molecule has 1 aliphatic heterocycles. The predicted octanol–water partition coefficient (Wildman–Crippen LogP) is 1.80. The lowest BCUT2D eigenvalue weighted by molar-refractivity contribution is 0.453. The van der Waals surface area contributed by atoms with Crippen molar-refractivity contribution in [3.05, 3.63) is 36.9 Å². The SMILES string of the molecule is CC(C)n1cnnc1C1CCCN(c2ncnc(-n3cccn3)c2N)C1. The van der Waals surface area contributed by atoms with E-state index in [1.165, 1.54) is 0 Å². The van der Waals surface area contributed by atoms with E-state index < -0.39 is 0 Å². The van der Waals surface area contributed by atoms with Gasteiger partial charge in [0.2, 0.25) is 0 Å². The summed E-state index contributed by atoms with van der Waals surface area (Å²) in [6.45, 7) is 6.01. The Morgan fingerprint density at radius 2 is 2.08 bits per heavy atom. The summed E-state index contributed by atoms with van der Waals surface area (Å²) in [5.41, 5.74) is 6.93. The normalized spacial score (nSPS) is 17.8. The second-order valence-corrected chi connectivity index (χ2v) is 6.86. The summed E-state index contributed by atoms with van der Waals surface area (Å²) in [7, 11) is 0. The number of hydrogen-bond donors (Lipinski definition) is 1. The Labute approximate surface area is 151 Å². The molecule has 4 heterocycles. The summed E-state index contributed by atoms with van der Waals surface area (Å²) in [5, 5.41) is 12.7. The molecule has 0 spiro atoms. The van der Waals surface area contributed by atoms with E-state index in [0.717, 1.165) is 37.6 Å².